The molecule has 2 fully saturated rings. The van der Waals surface area contributed by atoms with Gasteiger partial charge in [-0.1, -0.05) is 19.1 Å². The summed E-state index contributed by atoms with van der Waals surface area (Å²) >= 11 is 0. The molecule has 3 N–H and O–H groups in total. The summed E-state index contributed by atoms with van der Waals surface area (Å²) in [5, 5.41) is 9.72. The first-order valence-electron chi connectivity index (χ1n) is 9.19. The second-order valence-electron chi connectivity index (χ2n) is 6.78. The van der Waals surface area contributed by atoms with Crippen LogP contribution in [0.5, 0.6) is 0 Å². The first-order chi connectivity index (χ1) is 12.2. The fourth-order valence-corrected chi connectivity index (χ4v) is 3.50. The number of rotatable bonds is 6. The van der Waals surface area contributed by atoms with Crippen molar-refractivity contribution in [3.8, 4) is 0 Å². The van der Waals surface area contributed by atoms with Crippen molar-refractivity contribution in [3.63, 3.8) is 0 Å². The molecule has 0 saturated carbocycles. The first kappa shape index (κ1) is 17.7. The van der Waals surface area contributed by atoms with E-state index in [1.54, 1.807) is 7.05 Å². The molecule has 25 heavy (non-hydrogen) atoms. The molecule has 6 heteroatoms. The van der Waals surface area contributed by atoms with Gasteiger partial charge in [0.1, 0.15) is 0 Å². The smallest absolute Gasteiger partial charge is 0.224 e. The van der Waals surface area contributed by atoms with Gasteiger partial charge in [0.2, 0.25) is 5.91 Å². The Hall–Kier alpha value is -2.08. The standard InChI is InChI=1S/C19H28N4O2/c1-3-4-18(24)22-14-7-5-13(6-8-14)12-21-19(20-2)23-16-11-15-9-10-17(16)25-15/h5-8,15-17H,3-4,9-12H2,1-2H3,(H,22,24)(H2,20,21,23). The Balaban J connectivity index is 1.46. The second-order valence-corrected chi connectivity index (χ2v) is 6.78. The van der Waals surface area contributed by atoms with Gasteiger partial charge in [0, 0.05) is 25.7 Å². The van der Waals surface area contributed by atoms with Gasteiger partial charge in [-0.05, 0) is 43.4 Å². The molecule has 0 aromatic heterocycles. The highest BCUT2D eigenvalue weighted by Gasteiger charge is 2.41. The molecule has 2 saturated heterocycles. The minimum absolute atomic E-state index is 0.0612. The Bertz CT molecular complexity index is 614. The monoisotopic (exact) mass is 344 g/mol. The second kappa shape index (κ2) is 8.34. The van der Waals surface area contributed by atoms with E-state index in [-0.39, 0.29) is 5.91 Å². The summed E-state index contributed by atoms with van der Waals surface area (Å²) in [6, 6.07) is 8.26. The van der Waals surface area contributed by atoms with Gasteiger partial charge in [0.25, 0.3) is 0 Å². The molecule has 1 aromatic carbocycles. The van der Waals surface area contributed by atoms with E-state index in [4.69, 9.17) is 4.74 Å². The van der Waals surface area contributed by atoms with Gasteiger partial charge in [0.05, 0.1) is 18.2 Å². The van der Waals surface area contributed by atoms with Crippen molar-refractivity contribution in [2.45, 2.75) is 63.8 Å². The SMILES string of the molecule is CCCC(=O)Nc1ccc(CNC(=NC)NC2CC3CCC2O3)cc1. The van der Waals surface area contributed by atoms with Crippen molar-refractivity contribution in [1.82, 2.24) is 10.6 Å². The minimum Gasteiger partial charge on any atom is -0.373 e. The van der Waals surface area contributed by atoms with Gasteiger partial charge >= 0.3 is 0 Å². The molecule has 2 heterocycles. The number of anilines is 1. The zero-order valence-corrected chi connectivity index (χ0v) is 15.0. The van der Waals surface area contributed by atoms with E-state index in [1.165, 1.54) is 6.42 Å². The van der Waals surface area contributed by atoms with Crippen LogP contribution >= 0.6 is 0 Å². The van der Waals surface area contributed by atoms with E-state index in [0.29, 0.717) is 31.2 Å². The van der Waals surface area contributed by atoms with E-state index in [0.717, 1.165) is 36.5 Å². The molecule has 2 bridgehead atoms. The molecule has 1 aromatic rings. The summed E-state index contributed by atoms with van der Waals surface area (Å²) in [5.41, 5.74) is 1.98. The molecule has 0 spiro atoms. The molecule has 136 valence electrons. The van der Waals surface area contributed by atoms with Crippen molar-refractivity contribution in [2.24, 2.45) is 4.99 Å². The predicted octanol–water partition coefficient (Wildman–Crippen LogP) is 2.41. The van der Waals surface area contributed by atoms with Crippen molar-refractivity contribution < 1.29 is 9.53 Å². The molecule has 3 rings (SSSR count). The third-order valence-corrected chi connectivity index (χ3v) is 4.83. The number of aliphatic imine (C=N–C) groups is 1. The predicted molar refractivity (Wildman–Crippen MR) is 99.6 cm³/mol. The number of amides is 1. The van der Waals surface area contributed by atoms with Crippen LogP contribution < -0.4 is 16.0 Å². The average Bonchev–Trinajstić information content (AvgIpc) is 3.23. The molecular weight excluding hydrogens is 316 g/mol. The first-order valence-corrected chi connectivity index (χ1v) is 9.19. The Morgan fingerprint density at radius 2 is 2.08 bits per heavy atom. The summed E-state index contributed by atoms with van der Waals surface area (Å²) in [4.78, 5) is 15.9. The fourth-order valence-electron chi connectivity index (χ4n) is 3.50. The van der Waals surface area contributed by atoms with Crippen LogP contribution in [-0.4, -0.2) is 37.2 Å². The third kappa shape index (κ3) is 4.72. The quantitative estimate of drug-likeness (QED) is 0.547. The van der Waals surface area contributed by atoms with Crippen molar-refractivity contribution >= 4 is 17.6 Å². The third-order valence-electron chi connectivity index (χ3n) is 4.83. The number of fused-ring (bicyclic) bond motifs is 2. The lowest BCUT2D eigenvalue weighted by atomic mass is 9.96. The maximum atomic E-state index is 11.6. The lowest BCUT2D eigenvalue weighted by molar-refractivity contribution is -0.116. The largest absolute Gasteiger partial charge is 0.373 e. The van der Waals surface area contributed by atoms with Crippen molar-refractivity contribution in [2.75, 3.05) is 12.4 Å². The summed E-state index contributed by atoms with van der Waals surface area (Å²) < 4.78 is 5.88. The maximum Gasteiger partial charge on any atom is 0.224 e. The summed E-state index contributed by atoms with van der Waals surface area (Å²) in [5.74, 6) is 0.868. The topological polar surface area (TPSA) is 74.8 Å². The van der Waals surface area contributed by atoms with Crippen LogP contribution in [0.3, 0.4) is 0 Å². The van der Waals surface area contributed by atoms with Crippen LogP contribution in [-0.2, 0) is 16.1 Å². The Morgan fingerprint density at radius 3 is 2.68 bits per heavy atom. The van der Waals surface area contributed by atoms with E-state index in [9.17, 15) is 4.79 Å². The van der Waals surface area contributed by atoms with Gasteiger partial charge in [-0.2, -0.15) is 0 Å². The Morgan fingerprint density at radius 1 is 1.28 bits per heavy atom. The van der Waals surface area contributed by atoms with Gasteiger partial charge in [-0.15, -0.1) is 0 Å². The van der Waals surface area contributed by atoms with Crippen LogP contribution in [0.25, 0.3) is 0 Å². The van der Waals surface area contributed by atoms with Gasteiger partial charge in [0.15, 0.2) is 5.96 Å². The highest BCUT2D eigenvalue weighted by Crippen LogP contribution is 2.34. The van der Waals surface area contributed by atoms with Crippen molar-refractivity contribution in [1.29, 1.82) is 0 Å². The van der Waals surface area contributed by atoms with Gasteiger partial charge in [-0.3, -0.25) is 9.79 Å². The van der Waals surface area contributed by atoms with E-state index in [2.05, 4.69) is 20.9 Å². The number of benzene rings is 1. The number of hydrogen-bond donors (Lipinski definition) is 3. The van der Waals surface area contributed by atoms with E-state index in [1.807, 2.05) is 31.2 Å². The van der Waals surface area contributed by atoms with E-state index < -0.39 is 0 Å². The van der Waals surface area contributed by atoms with Crippen LogP contribution in [0.15, 0.2) is 29.3 Å². The van der Waals surface area contributed by atoms with Gasteiger partial charge < -0.3 is 20.7 Å². The summed E-state index contributed by atoms with van der Waals surface area (Å²) in [6.07, 6.45) is 5.56. The molecule has 1 amide bonds. The molecule has 2 aliphatic heterocycles. The number of nitrogens with zero attached hydrogens (tertiary/aromatic N) is 1. The van der Waals surface area contributed by atoms with Crippen molar-refractivity contribution in [3.05, 3.63) is 29.8 Å². The number of hydrogen-bond acceptors (Lipinski definition) is 3. The number of guanidine groups is 1. The van der Waals surface area contributed by atoms with Crippen LogP contribution in [0.1, 0.15) is 44.6 Å². The van der Waals surface area contributed by atoms with Crippen LogP contribution in [0.2, 0.25) is 0 Å². The molecule has 0 radical (unpaired) electrons. The molecular formula is C19H28N4O2. The normalized spacial score (nSPS) is 25.0. The zero-order valence-electron chi connectivity index (χ0n) is 15.0. The Kier molecular flexibility index (Phi) is 5.91. The zero-order chi connectivity index (χ0) is 17.6. The number of nitrogens with one attached hydrogen (secondary N) is 3. The van der Waals surface area contributed by atoms with Gasteiger partial charge in [-0.25, -0.2) is 0 Å². The minimum atomic E-state index is 0.0612. The molecule has 3 unspecified atom stereocenters. The number of carbonyl (C=O) groups excluding carboxylic acids is 1. The summed E-state index contributed by atoms with van der Waals surface area (Å²) in [7, 11) is 1.79. The lowest BCUT2D eigenvalue weighted by Gasteiger charge is -2.22. The average molecular weight is 344 g/mol. The van der Waals surface area contributed by atoms with E-state index >= 15 is 0 Å². The maximum absolute atomic E-state index is 11.6. The highest BCUT2D eigenvalue weighted by atomic mass is 16.5. The molecule has 0 aliphatic carbocycles. The highest BCUT2D eigenvalue weighted by molar-refractivity contribution is 5.90. The molecule has 3 atom stereocenters. The van der Waals surface area contributed by atoms with Crippen LogP contribution in [0.4, 0.5) is 5.69 Å². The Labute approximate surface area is 149 Å². The number of carbonyl (C=O) groups is 1. The summed E-state index contributed by atoms with van der Waals surface area (Å²) in [6.45, 7) is 2.68. The van der Waals surface area contributed by atoms with Crippen LogP contribution in [0, 0.1) is 0 Å². The number of ether oxygens (including phenoxy) is 1. The molecule has 2 aliphatic rings. The fraction of sp³-hybridized carbons (Fsp3) is 0.579. The molecule has 6 nitrogen and oxygen atoms in total. The lowest BCUT2D eigenvalue weighted by Crippen LogP contribution is -2.47.